The topological polar surface area (TPSA) is 115 Å². The standard InChI is InChI=1S/C23H26N4O5S/c1-15-12-16(2)14-27(13-15)33(29,30)20-10-6-17(7-11-20)21(28)24-23-26-25-22(32-23)18-4-8-19(31-3)9-5-18/h4-11,15-16H,12-14H2,1-3H3,(H,24,26,28). The number of benzene rings is 2. The number of rotatable bonds is 6. The predicted molar refractivity (Wildman–Crippen MR) is 122 cm³/mol. The van der Waals surface area contributed by atoms with Crippen LogP contribution in [0.5, 0.6) is 5.75 Å². The van der Waals surface area contributed by atoms with Gasteiger partial charge in [-0.2, -0.15) is 4.31 Å². The number of aromatic nitrogens is 2. The monoisotopic (exact) mass is 470 g/mol. The van der Waals surface area contributed by atoms with E-state index in [1.54, 1.807) is 31.4 Å². The average Bonchev–Trinajstić information content (AvgIpc) is 3.27. The number of methoxy groups -OCH3 is 1. The SMILES string of the molecule is COc1ccc(-c2nnc(NC(=O)c3ccc(S(=O)(=O)N4CC(C)CC(C)C4)cc3)o2)cc1. The minimum absolute atomic E-state index is 0.0567. The Bertz CT molecular complexity index is 1210. The molecule has 1 aliphatic rings. The molecule has 3 aromatic rings. The van der Waals surface area contributed by atoms with Crippen LogP contribution in [0.15, 0.2) is 57.8 Å². The van der Waals surface area contributed by atoms with Crippen LogP contribution in [-0.4, -0.2) is 49.0 Å². The highest BCUT2D eigenvalue weighted by molar-refractivity contribution is 7.89. The minimum Gasteiger partial charge on any atom is -0.497 e. The van der Waals surface area contributed by atoms with E-state index in [0.29, 0.717) is 36.2 Å². The lowest BCUT2D eigenvalue weighted by Gasteiger charge is -2.34. The van der Waals surface area contributed by atoms with E-state index >= 15 is 0 Å². The molecule has 2 unspecified atom stereocenters. The molecule has 1 aliphatic heterocycles. The number of nitrogens with one attached hydrogen (secondary N) is 1. The lowest BCUT2D eigenvalue weighted by molar-refractivity contribution is 0.102. The van der Waals surface area contributed by atoms with Crippen molar-refractivity contribution < 1.29 is 22.4 Å². The van der Waals surface area contributed by atoms with Gasteiger partial charge >= 0.3 is 6.01 Å². The van der Waals surface area contributed by atoms with E-state index in [1.807, 2.05) is 0 Å². The van der Waals surface area contributed by atoms with Gasteiger partial charge in [0.1, 0.15) is 5.75 Å². The Morgan fingerprint density at radius 1 is 1.03 bits per heavy atom. The fourth-order valence-corrected chi connectivity index (χ4v) is 5.70. The van der Waals surface area contributed by atoms with Crippen LogP contribution in [0.4, 0.5) is 6.01 Å². The summed E-state index contributed by atoms with van der Waals surface area (Å²) in [5.41, 5.74) is 0.957. The highest BCUT2D eigenvalue weighted by atomic mass is 32.2. The Kier molecular flexibility index (Phi) is 6.48. The van der Waals surface area contributed by atoms with Crippen molar-refractivity contribution in [2.45, 2.75) is 25.2 Å². The van der Waals surface area contributed by atoms with Gasteiger partial charge in [-0.05, 0) is 66.8 Å². The molecule has 2 aromatic carbocycles. The van der Waals surface area contributed by atoms with E-state index < -0.39 is 15.9 Å². The molecule has 10 heteroatoms. The van der Waals surface area contributed by atoms with Gasteiger partial charge in [0.15, 0.2) is 0 Å². The number of ether oxygens (including phenoxy) is 1. The number of carbonyl (C=O) groups is 1. The van der Waals surface area contributed by atoms with Gasteiger partial charge in [-0.25, -0.2) is 8.42 Å². The van der Waals surface area contributed by atoms with Crippen molar-refractivity contribution in [1.29, 1.82) is 0 Å². The number of sulfonamides is 1. The van der Waals surface area contributed by atoms with Crippen LogP contribution < -0.4 is 10.1 Å². The summed E-state index contributed by atoms with van der Waals surface area (Å²) in [6, 6.07) is 12.8. The summed E-state index contributed by atoms with van der Waals surface area (Å²) in [6.07, 6.45) is 1.01. The molecule has 174 valence electrons. The number of nitrogens with zero attached hydrogens (tertiary/aromatic N) is 3. The first-order chi connectivity index (χ1) is 15.8. The molecular formula is C23H26N4O5S. The molecule has 2 atom stereocenters. The van der Waals surface area contributed by atoms with Crippen LogP contribution in [-0.2, 0) is 10.0 Å². The number of hydrogen-bond acceptors (Lipinski definition) is 7. The molecule has 9 nitrogen and oxygen atoms in total. The first kappa shape index (κ1) is 22.9. The molecule has 1 fully saturated rings. The minimum atomic E-state index is -3.61. The van der Waals surface area contributed by atoms with Crippen LogP contribution in [0.25, 0.3) is 11.5 Å². The zero-order valence-corrected chi connectivity index (χ0v) is 19.5. The molecule has 0 spiro atoms. The Morgan fingerprint density at radius 2 is 1.67 bits per heavy atom. The van der Waals surface area contributed by atoms with Crippen molar-refractivity contribution in [2.24, 2.45) is 11.8 Å². The van der Waals surface area contributed by atoms with Gasteiger partial charge < -0.3 is 9.15 Å². The normalized spacial score (nSPS) is 19.2. The lowest BCUT2D eigenvalue weighted by atomic mass is 9.94. The largest absolute Gasteiger partial charge is 0.497 e. The average molecular weight is 471 g/mol. The number of anilines is 1. The first-order valence-corrected chi connectivity index (χ1v) is 12.1. The van der Waals surface area contributed by atoms with E-state index in [1.165, 1.54) is 28.6 Å². The van der Waals surface area contributed by atoms with Crippen molar-refractivity contribution in [3.05, 3.63) is 54.1 Å². The van der Waals surface area contributed by atoms with Gasteiger partial charge in [0.25, 0.3) is 5.91 Å². The van der Waals surface area contributed by atoms with Gasteiger partial charge in [-0.3, -0.25) is 10.1 Å². The summed E-state index contributed by atoms with van der Waals surface area (Å²) < 4.78 is 38.2. The molecule has 33 heavy (non-hydrogen) atoms. The summed E-state index contributed by atoms with van der Waals surface area (Å²) in [6.45, 7) is 5.12. The maximum atomic E-state index is 13.0. The van der Waals surface area contributed by atoms with Crippen molar-refractivity contribution in [2.75, 3.05) is 25.5 Å². The van der Waals surface area contributed by atoms with Crippen LogP contribution in [0.2, 0.25) is 0 Å². The summed E-state index contributed by atoms with van der Waals surface area (Å²) in [7, 11) is -2.03. The van der Waals surface area contributed by atoms with Crippen molar-refractivity contribution in [3.8, 4) is 17.2 Å². The van der Waals surface area contributed by atoms with Crippen LogP contribution in [0, 0.1) is 11.8 Å². The molecule has 0 radical (unpaired) electrons. The molecular weight excluding hydrogens is 444 g/mol. The van der Waals surface area contributed by atoms with Crippen molar-refractivity contribution in [1.82, 2.24) is 14.5 Å². The van der Waals surface area contributed by atoms with Crippen LogP contribution >= 0.6 is 0 Å². The van der Waals surface area contributed by atoms with Crippen LogP contribution in [0.1, 0.15) is 30.6 Å². The quantitative estimate of drug-likeness (QED) is 0.585. The van der Waals surface area contributed by atoms with Crippen LogP contribution in [0.3, 0.4) is 0 Å². The number of hydrogen-bond donors (Lipinski definition) is 1. The second kappa shape index (κ2) is 9.32. The molecule has 1 N–H and O–H groups in total. The predicted octanol–water partition coefficient (Wildman–Crippen LogP) is 3.66. The van der Waals surface area contributed by atoms with E-state index in [2.05, 4.69) is 29.4 Å². The molecule has 0 bridgehead atoms. The van der Waals surface area contributed by atoms with Gasteiger partial charge in [0.2, 0.25) is 15.9 Å². The third kappa shape index (κ3) is 5.07. The third-order valence-electron chi connectivity index (χ3n) is 5.57. The zero-order chi connectivity index (χ0) is 23.6. The van der Waals surface area contributed by atoms with Crippen molar-refractivity contribution >= 4 is 21.9 Å². The van der Waals surface area contributed by atoms with E-state index in [-0.39, 0.29) is 22.4 Å². The van der Waals surface area contributed by atoms with E-state index in [9.17, 15) is 13.2 Å². The molecule has 0 saturated carbocycles. The molecule has 4 rings (SSSR count). The summed E-state index contributed by atoms with van der Waals surface area (Å²) in [5, 5.41) is 10.3. The fraction of sp³-hybridized carbons (Fsp3) is 0.348. The molecule has 2 heterocycles. The molecule has 1 amide bonds. The number of carbonyl (C=O) groups excluding carboxylic acids is 1. The van der Waals surface area contributed by atoms with Crippen molar-refractivity contribution in [3.63, 3.8) is 0 Å². The number of amides is 1. The Balaban J connectivity index is 1.44. The maximum Gasteiger partial charge on any atom is 0.322 e. The summed E-state index contributed by atoms with van der Waals surface area (Å²) in [5.74, 6) is 1.08. The van der Waals surface area contributed by atoms with E-state index in [0.717, 1.165) is 6.42 Å². The Hall–Kier alpha value is -3.24. The summed E-state index contributed by atoms with van der Waals surface area (Å²) >= 11 is 0. The summed E-state index contributed by atoms with van der Waals surface area (Å²) in [4.78, 5) is 12.7. The smallest absolute Gasteiger partial charge is 0.322 e. The number of piperidine rings is 1. The second-order valence-corrected chi connectivity index (χ2v) is 10.3. The van der Waals surface area contributed by atoms with Gasteiger partial charge in [0, 0.05) is 24.2 Å². The zero-order valence-electron chi connectivity index (χ0n) is 18.7. The van der Waals surface area contributed by atoms with Gasteiger partial charge in [-0.1, -0.05) is 18.9 Å². The Labute approximate surface area is 192 Å². The third-order valence-corrected chi connectivity index (χ3v) is 7.42. The van der Waals surface area contributed by atoms with Gasteiger partial charge in [0.05, 0.1) is 12.0 Å². The second-order valence-electron chi connectivity index (χ2n) is 8.39. The lowest BCUT2D eigenvalue weighted by Crippen LogP contribution is -2.42. The Morgan fingerprint density at radius 3 is 2.27 bits per heavy atom. The highest BCUT2D eigenvalue weighted by Crippen LogP contribution is 2.27. The maximum absolute atomic E-state index is 13.0. The molecule has 1 saturated heterocycles. The van der Waals surface area contributed by atoms with Gasteiger partial charge in [-0.15, -0.1) is 5.10 Å². The molecule has 0 aliphatic carbocycles. The van der Waals surface area contributed by atoms with E-state index in [4.69, 9.17) is 9.15 Å². The fourth-order valence-electron chi connectivity index (χ4n) is 4.02. The molecule has 1 aromatic heterocycles. The first-order valence-electron chi connectivity index (χ1n) is 10.7. The highest BCUT2D eigenvalue weighted by Gasteiger charge is 2.31.